The Bertz CT molecular complexity index is 855. The van der Waals surface area contributed by atoms with Gasteiger partial charge in [-0.05, 0) is 25.5 Å². The highest BCUT2D eigenvalue weighted by atomic mass is 35.5. The number of ether oxygens (including phenoxy) is 1. The van der Waals surface area contributed by atoms with Crippen molar-refractivity contribution in [3.8, 4) is 0 Å². The highest BCUT2D eigenvalue weighted by Crippen LogP contribution is 2.18. The van der Waals surface area contributed by atoms with Crippen LogP contribution in [0.5, 0.6) is 0 Å². The van der Waals surface area contributed by atoms with Crippen molar-refractivity contribution >= 4 is 17.6 Å². The van der Waals surface area contributed by atoms with Crippen molar-refractivity contribution in [2.45, 2.75) is 27.1 Å². The van der Waals surface area contributed by atoms with Gasteiger partial charge in [0.25, 0.3) is 0 Å². The molecule has 0 bridgehead atoms. The predicted molar refractivity (Wildman–Crippen MR) is 89.9 cm³/mol. The average Bonchev–Trinajstić information content (AvgIpc) is 3.15. The Kier molecular flexibility index (Phi) is 4.66. The number of aryl methyl sites for hydroxylation is 1. The summed E-state index contributed by atoms with van der Waals surface area (Å²) in [4.78, 5) is 12.1. The summed E-state index contributed by atoms with van der Waals surface area (Å²) in [5.74, 6) is -0.455. The Labute approximate surface area is 144 Å². The second-order valence-electron chi connectivity index (χ2n) is 5.43. The van der Waals surface area contributed by atoms with Gasteiger partial charge < -0.3 is 4.74 Å². The number of rotatable bonds is 5. The van der Waals surface area contributed by atoms with Gasteiger partial charge in [-0.25, -0.2) is 9.48 Å². The Balaban J connectivity index is 1.64. The molecule has 3 rings (SSSR count). The molecule has 7 heteroatoms. The topological polar surface area (TPSA) is 61.9 Å². The molecule has 1 aromatic carbocycles. The van der Waals surface area contributed by atoms with E-state index in [4.69, 9.17) is 16.3 Å². The molecule has 0 aliphatic carbocycles. The molecule has 0 unspecified atom stereocenters. The molecule has 2 heterocycles. The van der Waals surface area contributed by atoms with Crippen LogP contribution < -0.4 is 0 Å². The summed E-state index contributed by atoms with van der Waals surface area (Å²) in [6, 6.07) is 11.1. The Morgan fingerprint density at radius 2 is 1.92 bits per heavy atom. The van der Waals surface area contributed by atoms with Crippen LogP contribution in [0.1, 0.15) is 27.4 Å². The van der Waals surface area contributed by atoms with Crippen molar-refractivity contribution in [3.63, 3.8) is 0 Å². The molecule has 0 aliphatic heterocycles. The van der Waals surface area contributed by atoms with Crippen LogP contribution in [0.2, 0.25) is 5.02 Å². The molecule has 124 valence electrons. The van der Waals surface area contributed by atoms with Gasteiger partial charge >= 0.3 is 5.97 Å². The van der Waals surface area contributed by atoms with Crippen LogP contribution in [0.25, 0.3) is 0 Å². The zero-order chi connectivity index (χ0) is 17.1. The normalized spacial score (nSPS) is 10.8. The predicted octanol–water partition coefficient (Wildman–Crippen LogP) is 3.21. The molecule has 0 fully saturated rings. The fourth-order valence-electron chi connectivity index (χ4n) is 2.30. The van der Waals surface area contributed by atoms with Crippen LogP contribution >= 0.6 is 11.6 Å². The van der Waals surface area contributed by atoms with E-state index in [0.29, 0.717) is 11.7 Å². The van der Waals surface area contributed by atoms with Gasteiger partial charge in [-0.1, -0.05) is 41.9 Å². The largest absolute Gasteiger partial charge is 0.456 e. The first-order valence-corrected chi connectivity index (χ1v) is 7.86. The molecule has 0 N–H and O–H groups in total. The third-order valence-corrected chi connectivity index (χ3v) is 4.18. The number of aromatic nitrogens is 4. The van der Waals surface area contributed by atoms with E-state index in [0.717, 1.165) is 17.0 Å². The van der Waals surface area contributed by atoms with Gasteiger partial charge in [0, 0.05) is 6.20 Å². The monoisotopic (exact) mass is 344 g/mol. The number of esters is 1. The van der Waals surface area contributed by atoms with Gasteiger partial charge in [0.1, 0.15) is 13.3 Å². The Morgan fingerprint density at radius 1 is 1.17 bits per heavy atom. The Morgan fingerprint density at radius 3 is 2.58 bits per heavy atom. The molecule has 6 nitrogen and oxygen atoms in total. The first-order valence-electron chi connectivity index (χ1n) is 7.48. The van der Waals surface area contributed by atoms with E-state index < -0.39 is 5.97 Å². The van der Waals surface area contributed by atoms with Crippen LogP contribution in [0, 0.1) is 13.8 Å². The van der Waals surface area contributed by atoms with Crippen LogP contribution in [0.15, 0.2) is 42.6 Å². The molecule has 3 aromatic rings. The smallest absolute Gasteiger partial charge is 0.359 e. The first kappa shape index (κ1) is 16.3. The SMILES string of the molecule is Cc1nn(Cn2ccc(C(=O)OCc3ccccc3)n2)c(C)c1Cl. The van der Waals surface area contributed by atoms with E-state index >= 15 is 0 Å². The average molecular weight is 345 g/mol. The molecule has 0 spiro atoms. The van der Waals surface area contributed by atoms with Crippen molar-refractivity contribution in [3.05, 3.63) is 70.3 Å². The number of halogens is 1. The van der Waals surface area contributed by atoms with Crippen molar-refractivity contribution < 1.29 is 9.53 Å². The van der Waals surface area contributed by atoms with Crippen molar-refractivity contribution in [2.75, 3.05) is 0 Å². The highest BCUT2D eigenvalue weighted by molar-refractivity contribution is 6.31. The van der Waals surface area contributed by atoms with E-state index in [2.05, 4.69) is 10.2 Å². The fraction of sp³-hybridized carbons (Fsp3) is 0.235. The molecule has 0 aliphatic rings. The summed E-state index contributed by atoms with van der Waals surface area (Å²) < 4.78 is 8.63. The summed E-state index contributed by atoms with van der Waals surface area (Å²) in [5.41, 5.74) is 2.82. The summed E-state index contributed by atoms with van der Waals surface area (Å²) in [5, 5.41) is 9.22. The number of nitrogens with zero attached hydrogens (tertiary/aromatic N) is 4. The lowest BCUT2D eigenvalue weighted by molar-refractivity contribution is 0.0464. The standard InChI is InChI=1S/C17H17ClN4O2/c1-12-16(18)13(2)22(19-12)11-21-9-8-15(20-21)17(23)24-10-14-6-4-3-5-7-14/h3-9H,10-11H2,1-2H3. The fourth-order valence-corrected chi connectivity index (χ4v) is 2.43. The van der Waals surface area contributed by atoms with Crippen LogP contribution in [0.3, 0.4) is 0 Å². The van der Waals surface area contributed by atoms with Gasteiger partial charge in [-0.2, -0.15) is 10.2 Å². The molecule has 2 aromatic heterocycles. The van der Waals surface area contributed by atoms with Crippen molar-refractivity contribution in [1.82, 2.24) is 19.6 Å². The Hall–Kier alpha value is -2.60. The van der Waals surface area contributed by atoms with Gasteiger partial charge in [-0.3, -0.25) is 4.68 Å². The minimum Gasteiger partial charge on any atom is -0.456 e. The summed E-state index contributed by atoms with van der Waals surface area (Å²) in [6.07, 6.45) is 1.71. The second kappa shape index (κ2) is 6.88. The maximum Gasteiger partial charge on any atom is 0.359 e. The van der Waals surface area contributed by atoms with Crippen molar-refractivity contribution in [1.29, 1.82) is 0 Å². The van der Waals surface area contributed by atoms with Crippen LogP contribution in [-0.2, 0) is 18.0 Å². The first-order chi connectivity index (χ1) is 11.5. The minimum absolute atomic E-state index is 0.222. The molecule has 24 heavy (non-hydrogen) atoms. The van der Waals surface area contributed by atoms with E-state index in [1.165, 1.54) is 0 Å². The second-order valence-corrected chi connectivity index (χ2v) is 5.81. The minimum atomic E-state index is -0.455. The number of carbonyl (C=O) groups is 1. The molecule has 0 saturated heterocycles. The molecule has 0 radical (unpaired) electrons. The zero-order valence-electron chi connectivity index (χ0n) is 13.4. The molecule has 0 atom stereocenters. The summed E-state index contributed by atoms with van der Waals surface area (Å²) in [7, 11) is 0. The lowest BCUT2D eigenvalue weighted by Crippen LogP contribution is -2.13. The van der Waals surface area contributed by atoms with Crippen LogP contribution in [0.4, 0.5) is 0 Å². The molecular weight excluding hydrogens is 328 g/mol. The molecular formula is C17H17ClN4O2. The zero-order valence-corrected chi connectivity index (χ0v) is 14.2. The van der Waals surface area contributed by atoms with Gasteiger partial charge in [0.2, 0.25) is 0 Å². The maximum absolute atomic E-state index is 12.1. The summed E-state index contributed by atoms with van der Waals surface area (Å²) >= 11 is 6.13. The van der Waals surface area contributed by atoms with Crippen molar-refractivity contribution in [2.24, 2.45) is 0 Å². The lowest BCUT2D eigenvalue weighted by Gasteiger charge is -2.05. The lowest BCUT2D eigenvalue weighted by atomic mass is 10.2. The number of carbonyl (C=O) groups excluding carboxylic acids is 1. The van der Waals surface area contributed by atoms with Gasteiger partial charge in [-0.15, -0.1) is 0 Å². The van der Waals surface area contributed by atoms with E-state index in [9.17, 15) is 4.79 Å². The number of benzene rings is 1. The third-order valence-electron chi connectivity index (χ3n) is 3.63. The highest BCUT2D eigenvalue weighted by Gasteiger charge is 2.13. The summed E-state index contributed by atoms with van der Waals surface area (Å²) in [6.45, 7) is 4.34. The molecule has 0 saturated carbocycles. The van der Waals surface area contributed by atoms with Gasteiger partial charge in [0.05, 0.1) is 16.4 Å². The van der Waals surface area contributed by atoms with E-state index in [-0.39, 0.29) is 12.3 Å². The van der Waals surface area contributed by atoms with Crippen LogP contribution in [-0.4, -0.2) is 25.5 Å². The van der Waals surface area contributed by atoms with Gasteiger partial charge in [0.15, 0.2) is 5.69 Å². The quantitative estimate of drug-likeness (QED) is 0.667. The molecule has 0 amide bonds. The van der Waals surface area contributed by atoms with E-state index in [1.54, 1.807) is 21.6 Å². The number of hydrogen-bond acceptors (Lipinski definition) is 4. The third kappa shape index (κ3) is 3.49. The number of hydrogen-bond donors (Lipinski definition) is 0. The maximum atomic E-state index is 12.1. The van der Waals surface area contributed by atoms with E-state index in [1.807, 2.05) is 44.2 Å².